The number of para-hydroxylation sites is 1. The number of urea groups is 1. The summed E-state index contributed by atoms with van der Waals surface area (Å²) in [7, 11) is 1.68. The highest BCUT2D eigenvalue weighted by Crippen LogP contribution is 2.35. The van der Waals surface area contributed by atoms with Crippen molar-refractivity contribution in [1.82, 2.24) is 20.1 Å². The van der Waals surface area contributed by atoms with Gasteiger partial charge in [-0.1, -0.05) is 25.0 Å². The van der Waals surface area contributed by atoms with Crippen molar-refractivity contribution in [3.63, 3.8) is 0 Å². The summed E-state index contributed by atoms with van der Waals surface area (Å²) in [6.07, 6.45) is 3.14. The molecule has 4 amide bonds. The molecule has 27 heavy (non-hydrogen) atoms. The van der Waals surface area contributed by atoms with Crippen LogP contribution in [-0.2, 0) is 9.59 Å². The molecular weight excluding hydrogens is 364 g/mol. The summed E-state index contributed by atoms with van der Waals surface area (Å²) in [6.45, 7) is 1.66. The summed E-state index contributed by atoms with van der Waals surface area (Å²) < 4.78 is 1.07. The molecule has 0 bridgehead atoms. The topological polar surface area (TPSA) is 82.6 Å². The van der Waals surface area contributed by atoms with Gasteiger partial charge in [-0.15, -0.1) is 11.3 Å². The lowest BCUT2D eigenvalue weighted by Crippen LogP contribution is -2.45. The maximum Gasteiger partial charge on any atom is 0.325 e. The zero-order valence-corrected chi connectivity index (χ0v) is 16.2. The van der Waals surface area contributed by atoms with Crippen LogP contribution in [0.5, 0.6) is 0 Å². The number of thiazole rings is 1. The van der Waals surface area contributed by atoms with Crippen molar-refractivity contribution in [2.45, 2.75) is 44.2 Å². The van der Waals surface area contributed by atoms with E-state index in [4.69, 9.17) is 0 Å². The summed E-state index contributed by atoms with van der Waals surface area (Å²) in [5.41, 5.74) is 0.122. The highest BCUT2D eigenvalue weighted by Gasteiger charge is 2.52. The molecule has 1 saturated carbocycles. The lowest BCUT2D eigenvalue weighted by molar-refractivity contribution is -0.139. The fourth-order valence-corrected chi connectivity index (χ4v) is 4.90. The van der Waals surface area contributed by atoms with E-state index in [1.807, 2.05) is 31.2 Å². The predicted octanol–water partition coefficient (Wildman–Crippen LogP) is 2.68. The minimum atomic E-state index is -0.783. The van der Waals surface area contributed by atoms with Gasteiger partial charge in [0, 0.05) is 7.05 Å². The number of amides is 4. The normalized spacial score (nSPS) is 19.7. The van der Waals surface area contributed by atoms with Crippen molar-refractivity contribution in [3.05, 3.63) is 29.3 Å². The van der Waals surface area contributed by atoms with Gasteiger partial charge in [-0.2, -0.15) is 0 Å². The van der Waals surface area contributed by atoms with Gasteiger partial charge >= 0.3 is 6.03 Å². The molecule has 0 radical (unpaired) electrons. The molecule has 1 atom stereocenters. The monoisotopic (exact) mass is 386 g/mol. The average Bonchev–Trinajstić information content (AvgIpc) is 3.35. The van der Waals surface area contributed by atoms with E-state index in [0.717, 1.165) is 33.0 Å². The molecule has 7 nitrogen and oxygen atoms in total. The van der Waals surface area contributed by atoms with Crippen LogP contribution in [-0.4, -0.2) is 51.8 Å². The van der Waals surface area contributed by atoms with Crippen LogP contribution in [0, 0.1) is 0 Å². The van der Waals surface area contributed by atoms with E-state index >= 15 is 0 Å². The Hall–Kier alpha value is -2.48. The molecule has 1 spiro atoms. The van der Waals surface area contributed by atoms with Crippen molar-refractivity contribution in [2.24, 2.45) is 0 Å². The Morgan fingerprint density at radius 3 is 2.74 bits per heavy atom. The summed E-state index contributed by atoms with van der Waals surface area (Å²) in [5, 5.41) is 3.64. The van der Waals surface area contributed by atoms with Crippen LogP contribution in [0.15, 0.2) is 24.3 Å². The third kappa shape index (κ3) is 2.97. The van der Waals surface area contributed by atoms with Gasteiger partial charge < -0.3 is 10.2 Å². The van der Waals surface area contributed by atoms with Gasteiger partial charge in [0.15, 0.2) is 0 Å². The van der Waals surface area contributed by atoms with Gasteiger partial charge in [0.25, 0.3) is 5.91 Å². The van der Waals surface area contributed by atoms with Gasteiger partial charge in [-0.3, -0.25) is 14.5 Å². The number of likely N-dealkylation sites (N-methyl/N-ethyl adjacent to an activating group) is 1. The zero-order chi connectivity index (χ0) is 19.2. The first-order valence-electron chi connectivity index (χ1n) is 9.16. The second kappa shape index (κ2) is 6.60. The highest BCUT2D eigenvalue weighted by atomic mass is 32.1. The van der Waals surface area contributed by atoms with Crippen LogP contribution in [0.4, 0.5) is 4.79 Å². The molecule has 1 N–H and O–H groups in total. The Kier molecular flexibility index (Phi) is 4.38. The largest absolute Gasteiger partial charge is 0.335 e. The van der Waals surface area contributed by atoms with Crippen LogP contribution in [0.2, 0.25) is 0 Å². The van der Waals surface area contributed by atoms with Crippen LogP contribution in [0.1, 0.15) is 43.7 Å². The van der Waals surface area contributed by atoms with E-state index in [2.05, 4.69) is 10.3 Å². The first-order chi connectivity index (χ1) is 12.9. The lowest BCUT2D eigenvalue weighted by atomic mass is 9.98. The Balaban J connectivity index is 1.47. The van der Waals surface area contributed by atoms with Gasteiger partial charge in [0.1, 0.15) is 17.1 Å². The molecule has 1 aliphatic heterocycles. The van der Waals surface area contributed by atoms with E-state index in [-0.39, 0.29) is 24.4 Å². The third-order valence-electron chi connectivity index (χ3n) is 5.64. The second-order valence-electron chi connectivity index (χ2n) is 7.31. The summed E-state index contributed by atoms with van der Waals surface area (Å²) in [4.78, 5) is 45.0. The Labute approximate surface area is 161 Å². The number of rotatable bonds is 4. The number of carbonyl (C=O) groups is 3. The van der Waals surface area contributed by atoms with E-state index in [1.165, 1.54) is 0 Å². The van der Waals surface area contributed by atoms with E-state index in [0.29, 0.717) is 12.8 Å². The van der Waals surface area contributed by atoms with Crippen molar-refractivity contribution in [3.8, 4) is 0 Å². The van der Waals surface area contributed by atoms with Crippen molar-refractivity contribution >= 4 is 39.4 Å². The molecule has 1 saturated heterocycles. The van der Waals surface area contributed by atoms with Crippen molar-refractivity contribution < 1.29 is 14.4 Å². The molecule has 2 aromatic rings. The summed E-state index contributed by atoms with van der Waals surface area (Å²) >= 11 is 1.55. The molecule has 4 rings (SSSR count). The molecule has 2 fully saturated rings. The predicted molar refractivity (Wildman–Crippen MR) is 102 cm³/mol. The fourth-order valence-electron chi connectivity index (χ4n) is 3.83. The number of hydrogen-bond acceptors (Lipinski definition) is 5. The summed E-state index contributed by atoms with van der Waals surface area (Å²) in [5.74, 6) is -0.542. The Morgan fingerprint density at radius 2 is 2.04 bits per heavy atom. The maximum atomic E-state index is 12.8. The number of nitrogens with zero attached hydrogens (tertiary/aromatic N) is 3. The maximum absolute atomic E-state index is 12.8. The molecule has 142 valence electrons. The third-order valence-corrected chi connectivity index (χ3v) is 6.85. The molecule has 1 aromatic heterocycles. The van der Waals surface area contributed by atoms with Crippen LogP contribution in [0.3, 0.4) is 0 Å². The van der Waals surface area contributed by atoms with Gasteiger partial charge in [0.2, 0.25) is 5.91 Å². The number of benzene rings is 1. The first-order valence-corrected chi connectivity index (χ1v) is 9.98. The van der Waals surface area contributed by atoms with Crippen molar-refractivity contribution in [2.75, 3.05) is 13.6 Å². The smallest absolute Gasteiger partial charge is 0.325 e. The van der Waals surface area contributed by atoms with Gasteiger partial charge in [-0.05, 0) is 31.9 Å². The fraction of sp³-hybridized carbons (Fsp3) is 0.474. The molecule has 1 aromatic carbocycles. The molecule has 2 aliphatic rings. The standard InChI is InChI=1S/C19H22N4O3S/c1-12(16-20-13-7-3-4-8-14(13)27-16)22(2)15(24)11-23-17(25)19(21-18(23)26)9-5-6-10-19/h3-4,7-8,12H,5-6,9-11H2,1-2H3,(H,21,26). The molecule has 1 aliphatic carbocycles. The number of imide groups is 1. The number of fused-ring (bicyclic) bond motifs is 1. The number of aromatic nitrogens is 1. The Bertz CT molecular complexity index is 886. The van der Waals surface area contributed by atoms with Crippen molar-refractivity contribution in [1.29, 1.82) is 0 Å². The van der Waals surface area contributed by atoms with Gasteiger partial charge in [0.05, 0.1) is 16.3 Å². The van der Waals surface area contributed by atoms with Crippen LogP contribution >= 0.6 is 11.3 Å². The highest BCUT2D eigenvalue weighted by molar-refractivity contribution is 7.18. The van der Waals surface area contributed by atoms with E-state index in [9.17, 15) is 14.4 Å². The first kappa shape index (κ1) is 17.9. The molecule has 1 unspecified atom stereocenters. The zero-order valence-electron chi connectivity index (χ0n) is 15.4. The lowest BCUT2D eigenvalue weighted by Gasteiger charge is -2.25. The van der Waals surface area contributed by atoms with E-state index in [1.54, 1.807) is 23.3 Å². The number of hydrogen-bond donors (Lipinski definition) is 1. The van der Waals surface area contributed by atoms with Crippen LogP contribution in [0.25, 0.3) is 10.2 Å². The molecular formula is C19H22N4O3S. The average molecular weight is 386 g/mol. The minimum absolute atomic E-state index is 0.238. The van der Waals surface area contributed by atoms with E-state index < -0.39 is 11.6 Å². The number of nitrogens with one attached hydrogen (secondary N) is 1. The number of carbonyl (C=O) groups excluding carboxylic acids is 3. The minimum Gasteiger partial charge on any atom is -0.335 e. The Morgan fingerprint density at radius 1 is 1.33 bits per heavy atom. The second-order valence-corrected chi connectivity index (χ2v) is 8.37. The summed E-state index contributed by atoms with van der Waals surface area (Å²) in [6, 6.07) is 7.13. The molecule has 2 heterocycles. The van der Waals surface area contributed by atoms with Gasteiger partial charge in [-0.25, -0.2) is 9.78 Å². The quantitative estimate of drug-likeness (QED) is 0.819. The SMILES string of the molecule is CC(c1nc2ccccc2s1)N(C)C(=O)CN1C(=O)NC2(CCCC2)C1=O. The van der Waals surface area contributed by atoms with Crippen LogP contribution < -0.4 is 5.32 Å². The molecule has 8 heteroatoms.